The van der Waals surface area contributed by atoms with E-state index in [2.05, 4.69) is 22.8 Å². The van der Waals surface area contributed by atoms with Gasteiger partial charge in [0.2, 0.25) is 0 Å². The van der Waals surface area contributed by atoms with Crippen LogP contribution >= 0.6 is 0 Å². The fourth-order valence-electron chi connectivity index (χ4n) is 4.24. The first-order chi connectivity index (χ1) is 14.6. The summed E-state index contributed by atoms with van der Waals surface area (Å²) in [6, 6.07) is 9.42. The number of carbonyl (C=O) groups is 2. The van der Waals surface area contributed by atoms with Crippen LogP contribution in [0.15, 0.2) is 35.9 Å². The van der Waals surface area contributed by atoms with Gasteiger partial charge in [-0.3, -0.25) is 4.79 Å². The predicted octanol–water partition coefficient (Wildman–Crippen LogP) is 4.49. The largest absolute Gasteiger partial charge is 0.452 e. The minimum absolute atomic E-state index is 0.385. The summed E-state index contributed by atoms with van der Waals surface area (Å²) in [4.78, 5) is 24.8. The number of rotatable bonds is 8. The molecule has 2 N–H and O–H groups in total. The molecular weight excluding hydrogens is 378 g/mol. The molecule has 0 heterocycles. The molecule has 0 aromatic heterocycles. The van der Waals surface area contributed by atoms with Crippen LogP contribution in [0.1, 0.15) is 74.6 Å². The van der Waals surface area contributed by atoms with Crippen LogP contribution in [-0.2, 0) is 9.53 Å². The van der Waals surface area contributed by atoms with E-state index in [4.69, 9.17) is 4.74 Å². The molecule has 0 aliphatic heterocycles. The van der Waals surface area contributed by atoms with Gasteiger partial charge in [0.25, 0.3) is 5.91 Å². The van der Waals surface area contributed by atoms with Gasteiger partial charge in [-0.15, -0.1) is 0 Å². The van der Waals surface area contributed by atoms with E-state index in [0.717, 1.165) is 45.1 Å². The highest BCUT2D eigenvalue weighted by Gasteiger charge is 2.33. The molecule has 6 nitrogen and oxygen atoms in total. The van der Waals surface area contributed by atoms with E-state index in [0.29, 0.717) is 24.1 Å². The van der Waals surface area contributed by atoms with Gasteiger partial charge in [-0.25, -0.2) is 4.79 Å². The molecule has 1 fully saturated rings. The Balaban J connectivity index is 1.50. The predicted molar refractivity (Wildman–Crippen MR) is 116 cm³/mol. The number of esters is 1. The van der Waals surface area contributed by atoms with Crippen molar-refractivity contribution in [3.8, 4) is 6.07 Å². The van der Waals surface area contributed by atoms with E-state index in [1.54, 1.807) is 12.1 Å². The first-order valence-electron chi connectivity index (χ1n) is 11.0. The van der Waals surface area contributed by atoms with Gasteiger partial charge in [0.15, 0.2) is 6.61 Å². The first-order valence-corrected chi connectivity index (χ1v) is 11.0. The Kier molecular flexibility index (Phi) is 7.89. The maximum absolute atomic E-state index is 12.6. The summed E-state index contributed by atoms with van der Waals surface area (Å²) in [5, 5.41) is 15.6. The fraction of sp³-hybridized carbons (Fsp3) is 0.542. The number of nitrogens with zero attached hydrogens (tertiary/aromatic N) is 1. The molecule has 3 rings (SSSR count). The van der Waals surface area contributed by atoms with Gasteiger partial charge < -0.3 is 15.4 Å². The molecule has 160 valence electrons. The summed E-state index contributed by atoms with van der Waals surface area (Å²) in [6.07, 6.45) is 12.3. The van der Waals surface area contributed by atoms with Crippen molar-refractivity contribution in [2.75, 3.05) is 18.5 Å². The molecule has 1 amide bonds. The summed E-state index contributed by atoms with van der Waals surface area (Å²) in [7, 11) is 0. The van der Waals surface area contributed by atoms with Gasteiger partial charge >= 0.3 is 5.97 Å². The summed E-state index contributed by atoms with van der Waals surface area (Å²) >= 11 is 0. The molecule has 2 aliphatic carbocycles. The molecule has 1 aromatic rings. The second kappa shape index (κ2) is 10.8. The molecule has 0 saturated heterocycles. The summed E-state index contributed by atoms with van der Waals surface area (Å²) in [5.41, 5.74) is 1.77. The lowest BCUT2D eigenvalue weighted by molar-refractivity contribution is -0.125. The molecule has 2 aliphatic rings. The van der Waals surface area contributed by atoms with Crippen LogP contribution in [0.3, 0.4) is 0 Å². The van der Waals surface area contributed by atoms with E-state index in [1.807, 2.05) is 12.1 Å². The second-order valence-electron chi connectivity index (χ2n) is 8.21. The molecular formula is C24H31N3O3. The number of allylic oxidation sites excluding steroid dienone is 1. The molecule has 1 aromatic carbocycles. The summed E-state index contributed by atoms with van der Waals surface area (Å²) in [6.45, 7) is 0.366. The molecule has 0 atom stereocenters. The third-order valence-electron chi connectivity index (χ3n) is 5.93. The monoisotopic (exact) mass is 409 g/mol. The van der Waals surface area contributed by atoms with Crippen LogP contribution < -0.4 is 10.6 Å². The van der Waals surface area contributed by atoms with Crippen LogP contribution in [0.2, 0.25) is 0 Å². The standard InChI is InChI=1S/C24H31N3O3/c25-18-24(14-7-2-8-15-24)27-22(28)17-30-23(29)20-11-5-6-12-21(20)26-16-13-19-9-3-1-4-10-19/h5-6,9,11-12,26H,1-4,7-8,10,13-17H2,(H,27,28). The zero-order valence-corrected chi connectivity index (χ0v) is 17.5. The Hall–Kier alpha value is -2.81. The Bertz CT molecular complexity index is 819. The number of benzene rings is 1. The SMILES string of the molecule is N#CC1(NC(=O)COC(=O)c2ccccc2NCCC2=CCCCC2)CCCCC1. The lowest BCUT2D eigenvalue weighted by Crippen LogP contribution is -2.50. The Labute approximate surface area is 178 Å². The van der Waals surface area contributed by atoms with Gasteiger partial charge in [0, 0.05) is 12.2 Å². The van der Waals surface area contributed by atoms with Gasteiger partial charge in [0.05, 0.1) is 11.6 Å². The zero-order chi connectivity index (χ0) is 21.2. The zero-order valence-electron chi connectivity index (χ0n) is 17.5. The summed E-state index contributed by atoms with van der Waals surface area (Å²) < 4.78 is 5.25. The van der Waals surface area contributed by atoms with E-state index in [1.165, 1.54) is 18.4 Å². The van der Waals surface area contributed by atoms with Crippen LogP contribution in [0.25, 0.3) is 0 Å². The topological polar surface area (TPSA) is 91.2 Å². The van der Waals surface area contributed by atoms with E-state index >= 15 is 0 Å². The first kappa shape index (κ1) is 21.9. The quantitative estimate of drug-likeness (QED) is 0.488. The number of para-hydroxylation sites is 1. The van der Waals surface area contributed by atoms with Crippen LogP contribution in [0, 0.1) is 11.3 Å². The van der Waals surface area contributed by atoms with Gasteiger partial charge in [-0.1, -0.05) is 43.0 Å². The second-order valence-corrected chi connectivity index (χ2v) is 8.21. The van der Waals surface area contributed by atoms with E-state index < -0.39 is 17.4 Å². The number of hydrogen-bond donors (Lipinski definition) is 2. The van der Waals surface area contributed by atoms with Crippen LogP contribution in [0.4, 0.5) is 5.69 Å². The number of nitriles is 1. The van der Waals surface area contributed by atoms with Crippen molar-refractivity contribution in [1.82, 2.24) is 5.32 Å². The number of amides is 1. The number of carbonyl (C=O) groups excluding carboxylic acids is 2. The van der Waals surface area contributed by atoms with Crippen molar-refractivity contribution < 1.29 is 14.3 Å². The van der Waals surface area contributed by atoms with Crippen molar-refractivity contribution in [2.45, 2.75) is 69.7 Å². The van der Waals surface area contributed by atoms with Gasteiger partial charge in [-0.05, 0) is 57.1 Å². The van der Waals surface area contributed by atoms with Crippen molar-refractivity contribution in [2.24, 2.45) is 0 Å². The highest BCUT2D eigenvalue weighted by Crippen LogP contribution is 2.27. The molecule has 6 heteroatoms. The van der Waals surface area contributed by atoms with E-state index in [-0.39, 0.29) is 6.61 Å². The Morgan fingerprint density at radius 2 is 1.90 bits per heavy atom. The Morgan fingerprint density at radius 3 is 2.63 bits per heavy atom. The smallest absolute Gasteiger partial charge is 0.340 e. The maximum atomic E-state index is 12.6. The van der Waals surface area contributed by atoms with Crippen molar-refractivity contribution >= 4 is 17.6 Å². The highest BCUT2D eigenvalue weighted by molar-refractivity contribution is 5.96. The van der Waals surface area contributed by atoms with Crippen molar-refractivity contribution in [3.63, 3.8) is 0 Å². The number of nitrogens with one attached hydrogen (secondary N) is 2. The molecule has 0 spiro atoms. The molecule has 1 saturated carbocycles. The lowest BCUT2D eigenvalue weighted by atomic mass is 9.83. The maximum Gasteiger partial charge on any atom is 0.340 e. The minimum Gasteiger partial charge on any atom is -0.452 e. The molecule has 30 heavy (non-hydrogen) atoms. The van der Waals surface area contributed by atoms with Gasteiger partial charge in [0.1, 0.15) is 5.54 Å². The molecule has 0 radical (unpaired) electrons. The summed E-state index contributed by atoms with van der Waals surface area (Å²) in [5.74, 6) is -0.971. The normalized spacial score (nSPS) is 17.9. The highest BCUT2D eigenvalue weighted by atomic mass is 16.5. The lowest BCUT2D eigenvalue weighted by Gasteiger charge is -2.31. The van der Waals surface area contributed by atoms with Crippen molar-refractivity contribution in [3.05, 3.63) is 41.5 Å². The van der Waals surface area contributed by atoms with Gasteiger partial charge in [-0.2, -0.15) is 5.26 Å². The average Bonchev–Trinajstić information content (AvgIpc) is 2.79. The third-order valence-corrected chi connectivity index (χ3v) is 5.93. The van der Waals surface area contributed by atoms with E-state index in [9.17, 15) is 14.9 Å². The molecule has 0 unspecified atom stereocenters. The average molecular weight is 410 g/mol. The third kappa shape index (κ3) is 6.09. The molecule has 0 bridgehead atoms. The number of anilines is 1. The van der Waals surface area contributed by atoms with Crippen molar-refractivity contribution in [1.29, 1.82) is 5.26 Å². The number of ether oxygens (including phenoxy) is 1. The fourth-order valence-corrected chi connectivity index (χ4v) is 4.24. The number of hydrogen-bond acceptors (Lipinski definition) is 5. The van der Waals surface area contributed by atoms with Crippen LogP contribution in [0.5, 0.6) is 0 Å². The Morgan fingerprint density at radius 1 is 1.10 bits per heavy atom. The minimum atomic E-state index is -0.824. The van der Waals surface area contributed by atoms with Crippen LogP contribution in [-0.4, -0.2) is 30.6 Å².